The van der Waals surface area contributed by atoms with Gasteiger partial charge in [-0.25, -0.2) is 0 Å². The summed E-state index contributed by atoms with van der Waals surface area (Å²) in [6, 6.07) is 12.4. The summed E-state index contributed by atoms with van der Waals surface area (Å²) in [7, 11) is 0. The predicted molar refractivity (Wildman–Crippen MR) is 69.4 cm³/mol. The van der Waals surface area contributed by atoms with Gasteiger partial charge in [-0.05, 0) is 31.7 Å². The van der Waals surface area contributed by atoms with E-state index in [2.05, 4.69) is 49.1 Å². The first-order valence-corrected chi connectivity index (χ1v) is 6.61. The maximum atomic E-state index is 2.69. The van der Waals surface area contributed by atoms with Gasteiger partial charge in [-0.15, -0.1) is 0 Å². The number of nitrogens with zero attached hydrogens (tertiary/aromatic N) is 1. The van der Waals surface area contributed by atoms with Gasteiger partial charge >= 0.3 is 0 Å². The van der Waals surface area contributed by atoms with Crippen LogP contribution in [0.25, 0.3) is 0 Å². The largest absolute Gasteiger partial charge is 0.293 e. The van der Waals surface area contributed by atoms with Gasteiger partial charge in [0.1, 0.15) is 0 Å². The molecule has 1 heterocycles. The van der Waals surface area contributed by atoms with Crippen molar-refractivity contribution in [3.05, 3.63) is 35.9 Å². The average molecular weight is 217 g/mol. The Labute approximate surface area is 99.5 Å². The standard InChI is InChI=1S/C15H23N/c1-3-15-11-7-8-13(2)16(15)12-14-9-5-4-6-10-14/h4-6,9-10,13,15H,3,7-8,11-12H2,1-2H3. The molecule has 0 bridgehead atoms. The van der Waals surface area contributed by atoms with E-state index in [9.17, 15) is 0 Å². The number of hydrogen-bond acceptors (Lipinski definition) is 1. The summed E-state index contributed by atoms with van der Waals surface area (Å²) >= 11 is 0. The van der Waals surface area contributed by atoms with Gasteiger partial charge in [0.05, 0.1) is 0 Å². The van der Waals surface area contributed by atoms with Gasteiger partial charge in [-0.3, -0.25) is 4.90 Å². The fourth-order valence-corrected chi connectivity index (χ4v) is 2.86. The van der Waals surface area contributed by atoms with Crippen molar-refractivity contribution in [2.24, 2.45) is 0 Å². The molecule has 0 aliphatic carbocycles. The molecule has 1 nitrogen and oxygen atoms in total. The lowest BCUT2D eigenvalue weighted by Crippen LogP contribution is -2.44. The van der Waals surface area contributed by atoms with Gasteiger partial charge in [0, 0.05) is 18.6 Å². The zero-order valence-corrected chi connectivity index (χ0v) is 10.5. The van der Waals surface area contributed by atoms with Crippen molar-refractivity contribution in [3.63, 3.8) is 0 Å². The normalized spacial score (nSPS) is 26.9. The van der Waals surface area contributed by atoms with Crippen LogP contribution < -0.4 is 0 Å². The van der Waals surface area contributed by atoms with E-state index in [-0.39, 0.29) is 0 Å². The van der Waals surface area contributed by atoms with Crippen LogP contribution in [-0.4, -0.2) is 17.0 Å². The highest BCUT2D eigenvalue weighted by atomic mass is 15.2. The average Bonchev–Trinajstić information content (AvgIpc) is 2.33. The Morgan fingerprint density at radius 1 is 1.19 bits per heavy atom. The molecule has 1 aliphatic rings. The molecule has 2 rings (SSSR count). The van der Waals surface area contributed by atoms with Crippen LogP contribution in [-0.2, 0) is 6.54 Å². The highest BCUT2D eigenvalue weighted by Crippen LogP contribution is 2.26. The van der Waals surface area contributed by atoms with Crippen molar-refractivity contribution in [2.45, 2.75) is 58.2 Å². The fraction of sp³-hybridized carbons (Fsp3) is 0.600. The molecule has 16 heavy (non-hydrogen) atoms. The quantitative estimate of drug-likeness (QED) is 0.743. The molecular weight excluding hydrogens is 194 g/mol. The number of rotatable bonds is 3. The van der Waals surface area contributed by atoms with Gasteiger partial charge < -0.3 is 0 Å². The van der Waals surface area contributed by atoms with Crippen LogP contribution in [0.1, 0.15) is 45.1 Å². The maximum Gasteiger partial charge on any atom is 0.0239 e. The Hall–Kier alpha value is -0.820. The first-order valence-electron chi connectivity index (χ1n) is 6.61. The van der Waals surface area contributed by atoms with E-state index >= 15 is 0 Å². The first-order chi connectivity index (χ1) is 7.81. The SMILES string of the molecule is CCC1CCCC(C)N1Cc1ccccc1. The summed E-state index contributed by atoms with van der Waals surface area (Å²) in [6.45, 7) is 5.83. The molecule has 1 aromatic carbocycles. The van der Waals surface area contributed by atoms with Crippen LogP contribution >= 0.6 is 0 Å². The number of likely N-dealkylation sites (tertiary alicyclic amines) is 1. The summed E-state index contributed by atoms with van der Waals surface area (Å²) < 4.78 is 0. The summed E-state index contributed by atoms with van der Waals surface area (Å²) in [6.07, 6.45) is 5.44. The third kappa shape index (κ3) is 2.65. The van der Waals surface area contributed by atoms with E-state index in [1.54, 1.807) is 0 Å². The maximum absolute atomic E-state index is 2.69. The van der Waals surface area contributed by atoms with Gasteiger partial charge in [0.15, 0.2) is 0 Å². The molecule has 0 spiro atoms. The first kappa shape index (κ1) is 11.7. The smallest absolute Gasteiger partial charge is 0.0239 e. The topological polar surface area (TPSA) is 3.24 Å². The third-order valence-electron chi connectivity index (χ3n) is 3.87. The van der Waals surface area contributed by atoms with Crippen LogP contribution in [0.4, 0.5) is 0 Å². The number of benzene rings is 1. The molecule has 0 radical (unpaired) electrons. The molecule has 2 atom stereocenters. The molecule has 0 saturated carbocycles. The summed E-state index contributed by atoms with van der Waals surface area (Å²) in [5.41, 5.74) is 1.45. The summed E-state index contributed by atoms with van der Waals surface area (Å²) in [5, 5.41) is 0. The Kier molecular flexibility index (Phi) is 4.00. The second kappa shape index (κ2) is 5.49. The van der Waals surface area contributed by atoms with Crippen molar-refractivity contribution in [1.29, 1.82) is 0 Å². The number of piperidine rings is 1. The number of hydrogen-bond donors (Lipinski definition) is 0. The van der Waals surface area contributed by atoms with Gasteiger partial charge in [0.2, 0.25) is 0 Å². The lowest BCUT2D eigenvalue weighted by molar-refractivity contribution is 0.0820. The lowest BCUT2D eigenvalue weighted by Gasteiger charge is -2.40. The minimum atomic E-state index is 0.749. The lowest BCUT2D eigenvalue weighted by atomic mass is 9.94. The Morgan fingerprint density at radius 2 is 1.94 bits per heavy atom. The van der Waals surface area contributed by atoms with Crippen LogP contribution in [0.5, 0.6) is 0 Å². The molecule has 1 heteroatoms. The molecule has 88 valence electrons. The fourth-order valence-electron chi connectivity index (χ4n) is 2.86. The molecule has 2 unspecified atom stereocenters. The second-order valence-electron chi connectivity index (χ2n) is 5.00. The van der Waals surface area contributed by atoms with Gasteiger partial charge in [0.25, 0.3) is 0 Å². The highest BCUT2D eigenvalue weighted by Gasteiger charge is 2.26. The van der Waals surface area contributed by atoms with Crippen molar-refractivity contribution in [2.75, 3.05) is 0 Å². The van der Waals surface area contributed by atoms with E-state index in [0.717, 1.165) is 18.6 Å². The molecule has 0 aromatic heterocycles. The summed E-state index contributed by atoms with van der Waals surface area (Å²) in [4.78, 5) is 2.69. The van der Waals surface area contributed by atoms with E-state index < -0.39 is 0 Å². The van der Waals surface area contributed by atoms with E-state index in [0.29, 0.717) is 0 Å². The van der Waals surface area contributed by atoms with Crippen molar-refractivity contribution in [1.82, 2.24) is 4.90 Å². The van der Waals surface area contributed by atoms with Crippen molar-refractivity contribution >= 4 is 0 Å². The van der Waals surface area contributed by atoms with Crippen molar-refractivity contribution in [3.8, 4) is 0 Å². The molecule has 0 amide bonds. The monoisotopic (exact) mass is 217 g/mol. The Balaban J connectivity index is 2.05. The van der Waals surface area contributed by atoms with E-state index in [1.807, 2.05) is 0 Å². The van der Waals surface area contributed by atoms with Crippen LogP contribution in [0, 0.1) is 0 Å². The molecular formula is C15H23N. The van der Waals surface area contributed by atoms with Crippen LogP contribution in [0.3, 0.4) is 0 Å². The zero-order chi connectivity index (χ0) is 11.4. The van der Waals surface area contributed by atoms with Gasteiger partial charge in [-0.1, -0.05) is 43.7 Å². The summed E-state index contributed by atoms with van der Waals surface area (Å²) in [5.74, 6) is 0. The van der Waals surface area contributed by atoms with E-state index in [4.69, 9.17) is 0 Å². The molecule has 0 N–H and O–H groups in total. The van der Waals surface area contributed by atoms with Crippen molar-refractivity contribution < 1.29 is 0 Å². The molecule has 1 fully saturated rings. The third-order valence-corrected chi connectivity index (χ3v) is 3.87. The Morgan fingerprint density at radius 3 is 2.62 bits per heavy atom. The second-order valence-corrected chi connectivity index (χ2v) is 5.00. The predicted octanol–water partition coefficient (Wildman–Crippen LogP) is 3.84. The van der Waals surface area contributed by atoms with Crippen LogP contribution in [0.15, 0.2) is 30.3 Å². The van der Waals surface area contributed by atoms with Crippen LogP contribution in [0.2, 0.25) is 0 Å². The van der Waals surface area contributed by atoms with Gasteiger partial charge in [-0.2, -0.15) is 0 Å². The van der Waals surface area contributed by atoms with E-state index in [1.165, 1.54) is 31.2 Å². The molecule has 1 saturated heterocycles. The highest BCUT2D eigenvalue weighted by molar-refractivity contribution is 5.14. The minimum Gasteiger partial charge on any atom is -0.293 e. The minimum absolute atomic E-state index is 0.749. The molecule has 1 aromatic rings. The molecule has 1 aliphatic heterocycles. The Bertz CT molecular complexity index is 306. The zero-order valence-electron chi connectivity index (χ0n) is 10.5.